The Hall–Kier alpha value is -2.87. The predicted octanol–water partition coefficient (Wildman–Crippen LogP) is 5.28. The fourth-order valence-electron chi connectivity index (χ4n) is 2.65. The molecule has 2 aromatic carbocycles. The Morgan fingerprint density at radius 2 is 1.42 bits per heavy atom. The highest BCUT2D eigenvalue weighted by Gasteiger charge is 2.04. The fraction of sp³-hybridized carbons (Fsp3) is 0.136. The maximum atomic E-state index is 4.04. The first-order chi connectivity index (χ1) is 11.8. The molecule has 2 nitrogen and oxygen atoms in total. The summed E-state index contributed by atoms with van der Waals surface area (Å²) in [6.07, 6.45) is 7.86. The van der Waals surface area contributed by atoms with E-state index in [1.165, 1.54) is 16.8 Å². The van der Waals surface area contributed by atoms with Crippen LogP contribution in [0, 0.1) is 0 Å². The molecule has 24 heavy (non-hydrogen) atoms. The fourth-order valence-corrected chi connectivity index (χ4v) is 2.65. The molecule has 3 rings (SSSR count). The third-order valence-corrected chi connectivity index (χ3v) is 4.03. The Kier molecular flexibility index (Phi) is 5.41. The van der Waals surface area contributed by atoms with Gasteiger partial charge in [-0.05, 0) is 47.9 Å². The Bertz CT molecular complexity index is 762. The van der Waals surface area contributed by atoms with E-state index in [0.717, 1.165) is 18.7 Å². The van der Waals surface area contributed by atoms with Gasteiger partial charge in [0.1, 0.15) is 0 Å². The van der Waals surface area contributed by atoms with Crippen molar-refractivity contribution in [2.75, 3.05) is 11.4 Å². The van der Waals surface area contributed by atoms with Crippen molar-refractivity contribution in [1.82, 2.24) is 4.98 Å². The van der Waals surface area contributed by atoms with E-state index in [1.54, 1.807) is 0 Å². The topological polar surface area (TPSA) is 16.1 Å². The van der Waals surface area contributed by atoms with Crippen LogP contribution in [-0.4, -0.2) is 11.5 Å². The Morgan fingerprint density at radius 3 is 2.04 bits per heavy atom. The highest BCUT2D eigenvalue weighted by Crippen LogP contribution is 2.19. The molecule has 0 saturated carbocycles. The predicted molar refractivity (Wildman–Crippen MR) is 103 cm³/mol. The Balaban J connectivity index is 1.69. The van der Waals surface area contributed by atoms with E-state index in [9.17, 15) is 0 Å². The van der Waals surface area contributed by atoms with Crippen molar-refractivity contribution in [3.05, 3.63) is 95.8 Å². The van der Waals surface area contributed by atoms with Crippen molar-refractivity contribution in [3.8, 4) is 0 Å². The van der Waals surface area contributed by atoms with Crippen LogP contribution in [0.5, 0.6) is 0 Å². The molecule has 1 heterocycles. The number of rotatable bonds is 6. The van der Waals surface area contributed by atoms with Gasteiger partial charge in [-0.25, -0.2) is 0 Å². The second kappa shape index (κ2) is 8.11. The average molecular weight is 314 g/mol. The molecule has 120 valence electrons. The third-order valence-electron chi connectivity index (χ3n) is 4.03. The van der Waals surface area contributed by atoms with Crippen LogP contribution in [-0.2, 0) is 6.54 Å². The minimum Gasteiger partial charge on any atom is -0.367 e. The normalized spacial score (nSPS) is 10.9. The molecule has 0 bridgehead atoms. The van der Waals surface area contributed by atoms with Crippen molar-refractivity contribution in [2.24, 2.45) is 0 Å². The summed E-state index contributed by atoms with van der Waals surface area (Å²) in [5.74, 6) is 0. The summed E-state index contributed by atoms with van der Waals surface area (Å²) in [4.78, 5) is 6.42. The molecular formula is C22H22N2. The van der Waals surface area contributed by atoms with Gasteiger partial charge in [0.25, 0.3) is 0 Å². The lowest BCUT2D eigenvalue weighted by molar-refractivity contribution is 0.832. The van der Waals surface area contributed by atoms with Crippen molar-refractivity contribution < 1.29 is 0 Å². The van der Waals surface area contributed by atoms with Crippen molar-refractivity contribution in [2.45, 2.75) is 13.5 Å². The van der Waals surface area contributed by atoms with Crippen LogP contribution < -0.4 is 4.90 Å². The molecule has 0 amide bonds. The minimum atomic E-state index is 0.934. The molecule has 0 unspecified atom stereocenters. The summed E-state index contributed by atoms with van der Waals surface area (Å²) in [6, 6.07) is 23.3. The molecule has 0 radical (unpaired) electrons. The molecule has 0 atom stereocenters. The molecule has 2 heteroatoms. The molecule has 0 N–H and O–H groups in total. The van der Waals surface area contributed by atoms with Gasteiger partial charge < -0.3 is 4.90 Å². The average Bonchev–Trinajstić information content (AvgIpc) is 2.67. The molecule has 3 aromatic rings. The maximum absolute atomic E-state index is 4.04. The highest BCUT2D eigenvalue weighted by molar-refractivity contribution is 5.70. The van der Waals surface area contributed by atoms with E-state index >= 15 is 0 Å². The SMILES string of the molecule is CCN(Cc1ccccc1)c1ccc(C=Cc2ccncc2)cc1. The second-order valence-corrected chi connectivity index (χ2v) is 5.71. The first-order valence-electron chi connectivity index (χ1n) is 8.32. The largest absolute Gasteiger partial charge is 0.367 e. The molecular weight excluding hydrogens is 292 g/mol. The number of hydrogen-bond acceptors (Lipinski definition) is 2. The smallest absolute Gasteiger partial charge is 0.0429 e. The van der Waals surface area contributed by atoms with Gasteiger partial charge in [0.05, 0.1) is 0 Å². The van der Waals surface area contributed by atoms with Crippen molar-refractivity contribution >= 4 is 17.8 Å². The van der Waals surface area contributed by atoms with Crippen molar-refractivity contribution in [3.63, 3.8) is 0 Å². The van der Waals surface area contributed by atoms with Gasteiger partial charge in [-0.3, -0.25) is 4.98 Å². The van der Waals surface area contributed by atoms with Gasteiger partial charge in [0.15, 0.2) is 0 Å². The number of pyridine rings is 1. The van der Waals surface area contributed by atoms with Gasteiger partial charge in [-0.2, -0.15) is 0 Å². The van der Waals surface area contributed by atoms with E-state index in [4.69, 9.17) is 0 Å². The molecule has 0 spiro atoms. The van der Waals surface area contributed by atoms with Crippen LogP contribution in [0.25, 0.3) is 12.2 Å². The second-order valence-electron chi connectivity index (χ2n) is 5.71. The number of aromatic nitrogens is 1. The third kappa shape index (κ3) is 4.32. The number of hydrogen-bond donors (Lipinski definition) is 0. The lowest BCUT2D eigenvalue weighted by atomic mass is 10.1. The van der Waals surface area contributed by atoms with Crippen LogP contribution in [0.1, 0.15) is 23.6 Å². The van der Waals surface area contributed by atoms with Gasteiger partial charge in [0, 0.05) is 31.2 Å². The zero-order valence-electron chi connectivity index (χ0n) is 14.0. The number of nitrogens with zero attached hydrogens (tertiary/aromatic N) is 2. The maximum Gasteiger partial charge on any atom is 0.0429 e. The zero-order valence-corrected chi connectivity index (χ0v) is 14.0. The van der Waals surface area contributed by atoms with Gasteiger partial charge in [0.2, 0.25) is 0 Å². The molecule has 0 aliphatic carbocycles. The Morgan fingerprint density at radius 1 is 0.792 bits per heavy atom. The van der Waals surface area contributed by atoms with E-state index < -0.39 is 0 Å². The number of benzene rings is 2. The van der Waals surface area contributed by atoms with E-state index in [0.29, 0.717) is 0 Å². The molecule has 0 saturated heterocycles. The highest BCUT2D eigenvalue weighted by atomic mass is 15.1. The first kappa shape index (κ1) is 16.0. The van der Waals surface area contributed by atoms with Crippen LogP contribution in [0.2, 0.25) is 0 Å². The van der Waals surface area contributed by atoms with Gasteiger partial charge >= 0.3 is 0 Å². The minimum absolute atomic E-state index is 0.934. The molecule has 0 aliphatic heterocycles. The summed E-state index contributed by atoms with van der Waals surface area (Å²) in [5, 5.41) is 0. The Labute approximate surface area is 144 Å². The van der Waals surface area contributed by atoms with Crippen LogP contribution in [0.15, 0.2) is 79.1 Å². The van der Waals surface area contributed by atoms with E-state index in [2.05, 4.69) is 83.6 Å². The van der Waals surface area contributed by atoms with Crippen LogP contribution >= 0.6 is 0 Å². The first-order valence-corrected chi connectivity index (χ1v) is 8.32. The summed E-state index contributed by atoms with van der Waals surface area (Å²) >= 11 is 0. The summed E-state index contributed by atoms with van der Waals surface area (Å²) in [5.41, 5.74) is 4.95. The molecule has 0 fully saturated rings. The van der Waals surface area contributed by atoms with E-state index in [-0.39, 0.29) is 0 Å². The van der Waals surface area contributed by atoms with Crippen molar-refractivity contribution in [1.29, 1.82) is 0 Å². The summed E-state index contributed by atoms with van der Waals surface area (Å²) in [7, 11) is 0. The monoisotopic (exact) mass is 314 g/mol. The number of anilines is 1. The van der Waals surface area contributed by atoms with Crippen LogP contribution in [0.4, 0.5) is 5.69 Å². The van der Waals surface area contributed by atoms with Gasteiger partial charge in [-0.15, -0.1) is 0 Å². The molecule has 1 aromatic heterocycles. The zero-order chi connectivity index (χ0) is 16.6. The lowest BCUT2D eigenvalue weighted by Crippen LogP contribution is -2.21. The van der Waals surface area contributed by atoms with Gasteiger partial charge in [-0.1, -0.05) is 54.6 Å². The van der Waals surface area contributed by atoms with Crippen LogP contribution in [0.3, 0.4) is 0 Å². The van der Waals surface area contributed by atoms with E-state index in [1.807, 2.05) is 24.5 Å². The summed E-state index contributed by atoms with van der Waals surface area (Å²) in [6.45, 7) is 4.12. The molecule has 0 aliphatic rings. The lowest BCUT2D eigenvalue weighted by Gasteiger charge is -2.23. The standard InChI is InChI=1S/C22H22N2/c1-2-24(18-21-6-4-3-5-7-21)22-12-10-19(11-13-22)8-9-20-14-16-23-17-15-20/h3-17H,2,18H2,1H3. The summed E-state index contributed by atoms with van der Waals surface area (Å²) < 4.78 is 0. The quantitative estimate of drug-likeness (QED) is 0.615.